The molecule has 16 heavy (non-hydrogen) atoms. The third-order valence-corrected chi connectivity index (χ3v) is 2.38. The molecule has 0 saturated heterocycles. The molecule has 0 spiro atoms. The lowest BCUT2D eigenvalue weighted by Crippen LogP contribution is -2.23. The molecule has 2 aromatic heterocycles. The fraction of sp³-hybridized carbons (Fsp3) is 0. The maximum atomic E-state index is 10.9. The zero-order valence-electron chi connectivity index (χ0n) is 8.32. The molecule has 3 aromatic rings. The van der Waals surface area contributed by atoms with Crippen molar-refractivity contribution in [3.63, 3.8) is 0 Å². The van der Waals surface area contributed by atoms with Crippen LogP contribution in [0.25, 0.3) is 16.7 Å². The van der Waals surface area contributed by atoms with Gasteiger partial charge in [-0.1, -0.05) is 17.3 Å². The molecule has 0 aliphatic rings. The van der Waals surface area contributed by atoms with Crippen LogP contribution in [-0.4, -0.2) is 15.0 Å². The normalized spacial score (nSPS) is 10.8. The predicted molar refractivity (Wildman–Crippen MR) is 57.8 cm³/mol. The average Bonchev–Trinajstić information content (AvgIpc) is 2.74. The van der Waals surface area contributed by atoms with Gasteiger partial charge in [0.2, 0.25) is 0 Å². The lowest BCUT2D eigenvalue weighted by atomic mass is 10.3. The second kappa shape index (κ2) is 3.30. The Morgan fingerprint density at radius 1 is 1.06 bits per heavy atom. The van der Waals surface area contributed by atoms with Crippen LogP contribution in [0.5, 0.6) is 0 Å². The minimum absolute atomic E-state index is 0.739. The minimum Gasteiger partial charge on any atom is -0.619 e. The third kappa shape index (κ3) is 1.30. The van der Waals surface area contributed by atoms with Crippen LogP contribution in [0.3, 0.4) is 0 Å². The SMILES string of the molecule is [O-][n+]1ccc(-n2nnc3ccccc32)cc1. The van der Waals surface area contributed by atoms with Crippen molar-refractivity contribution in [2.75, 3.05) is 0 Å². The molecule has 0 atom stereocenters. The second-order valence-electron chi connectivity index (χ2n) is 3.41. The molecule has 0 N–H and O–H groups in total. The van der Waals surface area contributed by atoms with E-state index < -0.39 is 0 Å². The Hall–Kier alpha value is -2.43. The van der Waals surface area contributed by atoms with Crippen LogP contribution in [0, 0.1) is 5.21 Å². The minimum atomic E-state index is 0.739. The van der Waals surface area contributed by atoms with Crippen molar-refractivity contribution in [3.8, 4) is 5.69 Å². The summed E-state index contributed by atoms with van der Waals surface area (Å²) >= 11 is 0. The lowest BCUT2D eigenvalue weighted by molar-refractivity contribution is -0.605. The molecule has 0 radical (unpaired) electrons. The van der Waals surface area contributed by atoms with Gasteiger partial charge in [0.15, 0.2) is 12.4 Å². The van der Waals surface area contributed by atoms with Crippen molar-refractivity contribution in [2.45, 2.75) is 0 Å². The number of rotatable bonds is 1. The number of para-hydroxylation sites is 1. The van der Waals surface area contributed by atoms with Gasteiger partial charge in [0.25, 0.3) is 0 Å². The first-order valence-electron chi connectivity index (χ1n) is 4.84. The highest BCUT2D eigenvalue weighted by Gasteiger charge is 2.05. The fourth-order valence-corrected chi connectivity index (χ4v) is 1.61. The molecule has 0 bridgehead atoms. The lowest BCUT2D eigenvalue weighted by Gasteiger charge is -2.01. The van der Waals surface area contributed by atoms with E-state index in [9.17, 15) is 5.21 Å². The van der Waals surface area contributed by atoms with Gasteiger partial charge in [-0.15, -0.1) is 5.10 Å². The molecule has 0 aliphatic carbocycles. The van der Waals surface area contributed by atoms with Gasteiger partial charge in [-0.25, -0.2) is 4.68 Å². The van der Waals surface area contributed by atoms with Gasteiger partial charge in [0, 0.05) is 12.1 Å². The largest absolute Gasteiger partial charge is 0.619 e. The molecular formula is C11H8N4O. The molecule has 0 fully saturated rings. The molecule has 3 rings (SSSR count). The Kier molecular flexibility index (Phi) is 1.83. The summed E-state index contributed by atoms with van der Waals surface area (Å²) < 4.78 is 2.44. The average molecular weight is 212 g/mol. The number of fused-ring (bicyclic) bond motifs is 1. The van der Waals surface area contributed by atoms with Crippen molar-refractivity contribution in [3.05, 3.63) is 54.0 Å². The van der Waals surface area contributed by atoms with Crippen LogP contribution in [0.1, 0.15) is 0 Å². The van der Waals surface area contributed by atoms with Gasteiger partial charge in [-0.3, -0.25) is 0 Å². The summed E-state index contributed by atoms with van der Waals surface area (Å²) in [6, 6.07) is 11.1. The molecule has 0 aliphatic heterocycles. The van der Waals surface area contributed by atoms with Gasteiger partial charge in [0.05, 0.1) is 11.2 Å². The molecular weight excluding hydrogens is 204 g/mol. The molecule has 5 heteroatoms. The van der Waals surface area contributed by atoms with Crippen LogP contribution in [0.2, 0.25) is 0 Å². The van der Waals surface area contributed by atoms with E-state index in [4.69, 9.17) is 0 Å². The van der Waals surface area contributed by atoms with E-state index in [-0.39, 0.29) is 0 Å². The smallest absolute Gasteiger partial charge is 0.182 e. The number of aromatic nitrogens is 4. The van der Waals surface area contributed by atoms with Crippen LogP contribution in [-0.2, 0) is 0 Å². The first kappa shape index (κ1) is 8.84. The topological polar surface area (TPSA) is 57.6 Å². The molecule has 78 valence electrons. The Bertz CT molecular complexity index is 630. The molecule has 0 amide bonds. The number of hydrogen-bond donors (Lipinski definition) is 0. The summed E-state index contributed by atoms with van der Waals surface area (Å²) in [5.41, 5.74) is 2.58. The van der Waals surface area contributed by atoms with Gasteiger partial charge in [0.1, 0.15) is 5.52 Å². The van der Waals surface area contributed by atoms with Crippen molar-refractivity contribution in [2.24, 2.45) is 0 Å². The highest BCUT2D eigenvalue weighted by atomic mass is 16.5. The fourth-order valence-electron chi connectivity index (χ4n) is 1.61. The second-order valence-corrected chi connectivity index (χ2v) is 3.41. The molecule has 2 heterocycles. The highest BCUT2D eigenvalue weighted by Crippen LogP contribution is 2.14. The summed E-state index contributed by atoms with van der Waals surface area (Å²) in [4.78, 5) is 0. The molecule has 1 aromatic carbocycles. The Morgan fingerprint density at radius 2 is 1.81 bits per heavy atom. The number of hydrogen-bond acceptors (Lipinski definition) is 3. The standard InChI is InChI=1S/C11H8N4O/c16-14-7-5-9(6-8-14)15-11-4-2-1-3-10(11)12-13-15/h1-8H. The first-order valence-corrected chi connectivity index (χ1v) is 4.84. The number of pyridine rings is 1. The van der Waals surface area contributed by atoms with E-state index in [0.717, 1.165) is 21.5 Å². The Labute approximate surface area is 91.1 Å². The monoisotopic (exact) mass is 212 g/mol. The van der Waals surface area contributed by atoms with Gasteiger partial charge >= 0.3 is 0 Å². The van der Waals surface area contributed by atoms with Crippen LogP contribution in [0.4, 0.5) is 0 Å². The van der Waals surface area contributed by atoms with Crippen LogP contribution < -0.4 is 4.73 Å². The van der Waals surface area contributed by atoms with E-state index in [0.29, 0.717) is 0 Å². The highest BCUT2D eigenvalue weighted by molar-refractivity contribution is 5.75. The van der Waals surface area contributed by atoms with E-state index in [1.807, 2.05) is 24.3 Å². The van der Waals surface area contributed by atoms with E-state index in [1.54, 1.807) is 16.8 Å². The Morgan fingerprint density at radius 3 is 2.62 bits per heavy atom. The molecule has 0 unspecified atom stereocenters. The number of benzene rings is 1. The summed E-state index contributed by atoms with van der Waals surface area (Å²) in [5, 5.41) is 19.0. The molecule has 5 nitrogen and oxygen atoms in total. The van der Waals surface area contributed by atoms with Crippen molar-refractivity contribution < 1.29 is 4.73 Å². The van der Waals surface area contributed by atoms with Gasteiger partial charge in [-0.2, -0.15) is 4.73 Å². The summed E-state index contributed by atoms with van der Waals surface area (Å²) in [6.45, 7) is 0. The maximum absolute atomic E-state index is 10.9. The zero-order chi connectivity index (χ0) is 11.0. The third-order valence-electron chi connectivity index (χ3n) is 2.38. The quantitative estimate of drug-likeness (QED) is 0.447. The first-order chi connectivity index (χ1) is 7.84. The predicted octanol–water partition coefficient (Wildman–Crippen LogP) is 1.05. The number of nitrogens with zero attached hydrogens (tertiary/aromatic N) is 4. The zero-order valence-corrected chi connectivity index (χ0v) is 8.32. The molecule has 0 saturated carbocycles. The van der Waals surface area contributed by atoms with Crippen molar-refractivity contribution >= 4 is 11.0 Å². The maximum Gasteiger partial charge on any atom is 0.182 e. The van der Waals surface area contributed by atoms with E-state index in [2.05, 4.69) is 10.3 Å². The van der Waals surface area contributed by atoms with Crippen molar-refractivity contribution in [1.29, 1.82) is 0 Å². The summed E-state index contributed by atoms with van der Waals surface area (Å²) in [5.74, 6) is 0. The van der Waals surface area contributed by atoms with Gasteiger partial charge < -0.3 is 5.21 Å². The van der Waals surface area contributed by atoms with E-state index in [1.165, 1.54) is 12.4 Å². The summed E-state index contributed by atoms with van der Waals surface area (Å²) in [6.07, 6.45) is 2.87. The van der Waals surface area contributed by atoms with Crippen molar-refractivity contribution in [1.82, 2.24) is 15.0 Å². The Balaban J connectivity index is 2.22. The summed E-state index contributed by atoms with van der Waals surface area (Å²) in [7, 11) is 0. The van der Waals surface area contributed by atoms with Gasteiger partial charge in [-0.05, 0) is 12.1 Å². The van der Waals surface area contributed by atoms with Crippen LogP contribution >= 0.6 is 0 Å². The van der Waals surface area contributed by atoms with Crippen LogP contribution in [0.15, 0.2) is 48.8 Å². The van der Waals surface area contributed by atoms with E-state index >= 15 is 0 Å².